The average Bonchev–Trinajstić information content (AvgIpc) is 2.38. The maximum atomic E-state index is 5.65. The summed E-state index contributed by atoms with van der Waals surface area (Å²) in [5, 5.41) is 0. The Labute approximate surface area is 104 Å². The Bertz CT molecular complexity index is 547. The van der Waals surface area contributed by atoms with E-state index in [9.17, 15) is 0 Å². The lowest BCUT2D eigenvalue weighted by atomic mass is 10.3. The lowest BCUT2D eigenvalue weighted by Crippen LogP contribution is -2.05. The molecule has 4 N–H and O–H groups in total. The first kappa shape index (κ1) is 11.9. The smallest absolute Gasteiger partial charge is 0.222 e. The molecule has 0 fully saturated rings. The number of hydrogen-bond donors (Lipinski definition) is 2. The molecule has 7 heteroatoms. The van der Waals surface area contributed by atoms with Crippen molar-refractivity contribution in [1.29, 1.82) is 0 Å². The molecule has 0 spiro atoms. The minimum absolute atomic E-state index is 0.107. The van der Waals surface area contributed by atoms with Crippen molar-refractivity contribution in [2.45, 2.75) is 6.61 Å². The molecular formula is C11H13N5O2. The molecule has 0 aliphatic rings. The van der Waals surface area contributed by atoms with Gasteiger partial charge in [0, 0.05) is 6.20 Å². The number of anilines is 2. The van der Waals surface area contributed by atoms with Crippen LogP contribution in [-0.2, 0) is 6.61 Å². The van der Waals surface area contributed by atoms with E-state index in [4.69, 9.17) is 20.9 Å². The molecule has 0 amide bonds. The topological polar surface area (TPSA) is 109 Å². The number of ether oxygens (including phenoxy) is 2. The third kappa shape index (κ3) is 2.57. The summed E-state index contributed by atoms with van der Waals surface area (Å²) in [5.74, 6) is 1.30. The van der Waals surface area contributed by atoms with Crippen LogP contribution in [0.4, 0.5) is 11.8 Å². The first-order valence-electron chi connectivity index (χ1n) is 5.19. The largest absolute Gasteiger partial charge is 0.495 e. The molecule has 0 saturated carbocycles. The van der Waals surface area contributed by atoms with Crippen molar-refractivity contribution >= 4 is 11.8 Å². The van der Waals surface area contributed by atoms with Gasteiger partial charge in [0.25, 0.3) is 0 Å². The maximum Gasteiger partial charge on any atom is 0.222 e. The van der Waals surface area contributed by atoms with Gasteiger partial charge in [-0.2, -0.15) is 4.98 Å². The van der Waals surface area contributed by atoms with E-state index >= 15 is 0 Å². The van der Waals surface area contributed by atoms with Gasteiger partial charge in [0.15, 0.2) is 11.6 Å². The van der Waals surface area contributed by atoms with Gasteiger partial charge in [-0.3, -0.25) is 4.98 Å². The summed E-state index contributed by atoms with van der Waals surface area (Å²) in [5.41, 5.74) is 11.7. The Morgan fingerprint density at radius 2 is 2.06 bits per heavy atom. The van der Waals surface area contributed by atoms with Crippen LogP contribution in [0.15, 0.2) is 24.5 Å². The van der Waals surface area contributed by atoms with Crippen molar-refractivity contribution in [1.82, 2.24) is 15.0 Å². The van der Waals surface area contributed by atoms with Crippen LogP contribution in [0, 0.1) is 0 Å². The molecule has 0 aromatic carbocycles. The number of nitrogens with two attached hydrogens (primary N) is 2. The number of methoxy groups -OCH3 is 1. The van der Waals surface area contributed by atoms with Gasteiger partial charge >= 0.3 is 0 Å². The number of rotatable bonds is 4. The molecule has 0 saturated heterocycles. The highest BCUT2D eigenvalue weighted by Crippen LogP contribution is 2.21. The van der Waals surface area contributed by atoms with Crippen molar-refractivity contribution in [3.8, 4) is 11.5 Å². The highest BCUT2D eigenvalue weighted by atomic mass is 16.5. The summed E-state index contributed by atoms with van der Waals surface area (Å²) < 4.78 is 10.6. The van der Waals surface area contributed by atoms with Crippen LogP contribution < -0.4 is 20.9 Å². The van der Waals surface area contributed by atoms with E-state index in [0.717, 1.165) is 0 Å². The highest BCUT2D eigenvalue weighted by molar-refractivity contribution is 5.46. The van der Waals surface area contributed by atoms with Crippen LogP contribution in [0.25, 0.3) is 0 Å². The molecule has 94 valence electrons. The predicted octanol–water partition coefficient (Wildman–Crippen LogP) is 0.624. The molecule has 18 heavy (non-hydrogen) atoms. The Balaban J connectivity index is 2.11. The van der Waals surface area contributed by atoms with Crippen LogP contribution in [0.1, 0.15) is 5.69 Å². The van der Waals surface area contributed by atoms with Crippen molar-refractivity contribution in [2.75, 3.05) is 18.6 Å². The van der Waals surface area contributed by atoms with Crippen LogP contribution in [0.5, 0.6) is 11.5 Å². The van der Waals surface area contributed by atoms with Gasteiger partial charge in [0.05, 0.1) is 13.3 Å². The SMILES string of the molecule is COc1cccnc1COc1cnc(N)nc1N. The van der Waals surface area contributed by atoms with Gasteiger partial charge in [-0.25, -0.2) is 4.98 Å². The maximum absolute atomic E-state index is 5.65. The standard InChI is InChI=1S/C11H13N5O2/c1-17-8-3-2-4-14-7(8)6-18-9-5-15-11(13)16-10(9)12/h2-5H,6H2,1H3,(H4,12,13,15,16). The van der Waals surface area contributed by atoms with Crippen molar-refractivity contribution in [2.24, 2.45) is 0 Å². The van der Waals surface area contributed by atoms with Crippen LogP contribution in [0.3, 0.4) is 0 Å². The molecule has 2 heterocycles. The highest BCUT2D eigenvalue weighted by Gasteiger charge is 2.07. The van der Waals surface area contributed by atoms with E-state index < -0.39 is 0 Å². The van der Waals surface area contributed by atoms with Gasteiger partial charge in [0.1, 0.15) is 18.1 Å². The van der Waals surface area contributed by atoms with Gasteiger partial charge in [0.2, 0.25) is 5.95 Å². The van der Waals surface area contributed by atoms with Gasteiger partial charge in [-0.1, -0.05) is 0 Å². The third-order valence-corrected chi connectivity index (χ3v) is 2.23. The summed E-state index contributed by atoms with van der Waals surface area (Å²) in [6.07, 6.45) is 3.08. The minimum atomic E-state index is 0.107. The quantitative estimate of drug-likeness (QED) is 0.815. The summed E-state index contributed by atoms with van der Waals surface area (Å²) in [4.78, 5) is 11.8. The number of nitrogen functional groups attached to an aromatic ring is 2. The monoisotopic (exact) mass is 247 g/mol. The third-order valence-electron chi connectivity index (χ3n) is 2.23. The lowest BCUT2D eigenvalue weighted by molar-refractivity contribution is 0.290. The van der Waals surface area contributed by atoms with E-state index in [1.807, 2.05) is 0 Å². The lowest BCUT2D eigenvalue weighted by Gasteiger charge is -2.09. The van der Waals surface area contributed by atoms with Crippen LogP contribution in [-0.4, -0.2) is 22.1 Å². The van der Waals surface area contributed by atoms with E-state index in [1.165, 1.54) is 6.20 Å². The van der Waals surface area contributed by atoms with E-state index in [0.29, 0.717) is 17.2 Å². The fourth-order valence-electron chi connectivity index (χ4n) is 1.37. The first-order chi connectivity index (χ1) is 8.70. The average molecular weight is 247 g/mol. The van der Waals surface area contributed by atoms with Crippen LogP contribution in [0.2, 0.25) is 0 Å². The first-order valence-corrected chi connectivity index (χ1v) is 5.19. The summed E-state index contributed by atoms with van der Waals surface area (Å²) in [6, 6.07) is 3.58. The Morgan fingerprint density at radius 3 is 2.78 bits per heavy atom. The second-order valence-corrected chi connectivity index (χ2v) is 3.42. The van der Waals surface area contributed by atoms with Gasteiger partial charge in [-0.05, 0) is 12.1 Å². The van der Waals surface area contributed by atoms with Crippen molar-refractivity contribution < 1.29 is 9.47 Å². The van der Waals surface area contributed by atoms with E-state index in [-0.39, 0.29) is 18.4 Å². The molecule has 0 aliphatic carbocycles. The number of pyridine rings is 1. The fourth-order valence-corrected chi connectivity index (χ4v) is 1.37. The summed E-state index contributed by atoms with van der Waals surface area (Å²) >= 11 is 0. The molecule has 2 rings (SSSR count). The molecular weight excluding hydrogens is 234 g/mol. The second kappa shape index (κ2) is 5.17. The zero-order chi connectivity index (χ0) is 13.0. The normalized spacial score (nSPS) is 10.1. The molecule has 0 radical (unpaired) electrons. The zero-order valence-corrected chi connectivity index (χ0v) is 9.83. The van der Waals surface area contributed by atoms with Crippen molar-refractivity contribution in [3.63, 3.8) is 0 Å². The zero-order valence-electron chi connectivity index (χ0n) is 9.83. The number of hydrogen-bond acceptors (Lipinski definition) is 7. The molecule has 0 bridgehead atoms. The molecule has 7 nitrogen and oxygen atoms in total. The second-order valence-electron chi connectivity index (χ2n) is 3.42. The molecule has 2 aromatic rings. The summed E-state index contributed by atoms with van der Waals surface area (Å²) in [7, 11) is 1.57. The summed E-state index contributed by atoms with van der Waals surface area (Å²) in [6.45, 7) is 0.210. The predicted molar refractivity (Wildman–Crippen MR) is 66.0 cm³/mol. The fraction of sp³-hybridized carbons (Fsp3) is 0.182. The van der Waals surface area contributed by atoms with E-state index in [1.54, 1.807) is 25.4 Å². The molecule has 0 atom stereocenters. The number of aromatic nitrogens is 3. The molecule has 0 unspecified atom stereocenters. The molecule has 0 aliphatic heterocycles. The Morgan fingerprint density at radius 1 is 1.22 bits per heavy atom. The van der Waals surface area contributed by atoms with Crippen molar-refractivity contribution in [3.05, 3.63) is 30.2 Å². The van der Waals surface area contributed by atoms with Gasteiger partial charge in [-0.15, -0.1) is 0 Å². The van der Waals surface area contributed by atoms with Gasteiger partial charge < -0.3 is 20.9 Å². The van der Waals surface area contributed by atoms with E-state index in [2.05, 4.69) is 15.0 Å². The molecule has 2 aromatic heterocycles. The number of nitrogens with zero attached hydrogens (tertiary/aromatic N) is 3. The Hall–Kier alpha value is -2.57. The Kier molecular flexibility index (Phi) is 3.42. The van der Waals surface area contributed by atoms with Crippen LogP contribution >= 0.6 is 0 Å². The minimum Gasteiger partial charge on any atom is -0.495 e.